The van der Waals surface area contributed by atoms with E-state index < -0.39 is 0 Å². The third-order valence-corrected chi connectivity index (χ3v) is 10.2. The van der Waals surface area contributed by atoms with Crippen LogP contribution < -0.4 is 0 Å². The van der Waals surface area contributed by atoms with E-state index in [1.165, 1.54) is 37.7 Å². The zero-order valence-corrected chi connectivity index (χ0v) is 19.4. The van der Waals surface area contributed by atoms with E-state index in [4.69, 9.17) is 0 Å². The quantitative estimate of drug-likeness (QED) is 0.512. The van der Waals surface area contributed by atoms with Crippen LogP contribution in [-0.2, 0) is 9.59 Å². The summed E-state index contributed by atoms with van der Waals surface area (Å²) in [7, 11) is 0. The molecule has 0 N–H and O–H groups in total. The van der Waals surface area contributed by atoms with Crippen LogP contribution in [0.15, 0.2) is 11.6 Å². The van der Waals surface area contributed by atoms with Crippen molar-refractivity contribution in [3.05, 3.63) is 11.6 Å². The normalized spacial score (nSPS) is 42.7. The maximum absolute atomic E-state index is 12.2. The third kappa shape index (κ3) is 3.47. The van der Waals surface area contributed by atoms with Crippen LogP contribution in [0.25, 0.3) is 0 Å². The maximum Gasteiger partial charge on any atom is 0.155 e. The summed E-state index contributed by atoms with van der Waals surface area (Å²) in [4.78, 5) is 24.2. The van der Waals surface area contributed by atoms with Gasteiger partial charge in [-0.1, -0.05) is 40.2 Å². The smallest absolute Gasteiger partial charge is 0.155 e. The molecule has 0 heterocycles. The van der Waals surface area contributed by atoms with E-state index >= 15 is 0 Å². The van der Waals surface area contributed by atoms with Gasteiger partial charge < -0.3 is 0 Å². The number of hydrogen-bond donors (Lipinski definition) is 0. The summed E-state index contributed by atoms with van der Waals surface area (Å²) < 4.78 is 0. The van der Waals surface area contributed by atoms with E-state index in [-0.39, 0.29) is 11.3 Å². The number of hydrogen-bond acceptors (Lipinski definition) is 2. The highest BCUT2D eigenvalue weighted by atomic mass is 16.1. The van der Waals surface area contributed by atoms with Crippen molar-refractivity contribution in [3.63, 3.8) is 0 Å². The lowest BCUT2D eigenvalue weighted by Crippen LogP contribution is -2.51. The van der Waals surface area contributed by atoms with E-state index in [1.807, 2.05) is 19.9 Å². The third-order valence-electron chi connectivity index (χ3n) is 10.2. The van der Waals surface area contributed by atoms with Crippen molar-refractivity contribution in [2.45, 2.75) is 98.8 Å². The Morgan fingerprint density at radius 1 is 1.03 bits per heavy atom. The Labute approximate surface area is 178 Å². The van der Waals surface area contributed by atoms with Crippen molar-refractivity contribution in [1.82, 2.24) is 0 Å². The van der Waals surface area contributed by atoms with Crippen LogP contribution in [0.1, 0.15) is 98.8 Å². The zero-order valence-electron chi connectivity index (χ0n) is 19.4. The highest BCUT2D eigenvalue weighted by Gasteiger charge is 2.59. The molecule has 2 nitrogen and oxygen atoms in total. The van der Waals surface area contributed by atoms with Gasteiger partial charge in [-0.15, -0.1) is 0 Å². The Morgan fingerprint density at radius 3 is 2.52 bits per heavy atom. The highest BCUT2D eigenvalue weighted by molar-refractivity contribution is 5.91. The van der Waals surface area contributed by atoms with Crippen molar-refractivity contribution < 1.29 is 9.59 Å². The number of rotatable bonds is 5. The average Bonchev–Trinajstić information content (AvgIpc) is 3.03. The number of fused-ring (bicyclic) bond motifs is 5. The van der Waals surface area contributed by atoms with Crippen LogP contribution in [0.5, 0.6) is 0 Å². The van der Waals surface area contributed by atoms with Crippen LogP contribution in [0.4, 0.5) is 0 Å². The topological polar surface area (TPSA) is 34.1 Å². The largest absolute Gasteiger partial charge is 0.299 e. The number of ketones is 2. The van der Waals surface area contributed by atoms with Crippen LogP contribution in [0, 0.1) is 46.3 Å². The maximum atomic E-state index is 12.2. The van der Waals surface area contributed by atoms with E-state index in [0.717, 1.165) is 55.8 Å². The molecule has 0 amide bonds. The first kappa shape index (κ1) is 21.3. The fourth-order valence-electron chi connectivity index (χ4n) is 8.39. The summed E-state index contributed by atoms with van der Waals surface area (Å²) in [5, 5.41) is 0. The van der Waals surface area contributed by atoms with Gasteiger partial charge in [-0.2, -0.15) is 0 Å². The van der Waals surface area contributed by atoms with Crippen LogP contribution >= 0.6 is 0 Å². The molecule has 0 saturated heterocycles. The van der Waals surface area contributed by atoms with Crippen LogP contribution in [0.3, 0.4) is 0 Å². The fourth-order valence-corrected chi connectivity index (χ4v) is 8.39. The van der Waals surface area contributed by atoms with Gasteiger partial charge in [0, 0.05) is 18.8 Å². The van der Waals surface area contributed by atoms with Crippen molar-refractivity contribution in [2.75, 3.05) is 0 Å². The minimum atomic E-state index is 0.178. The summed E-state index contributed by atoms with van der Waals surface area (Å²) in [5.74, 6) is 4.90. The van der Waals surface area contributed by atoms with E-state index in [9.17, 15) is 9.59 Å². The minimum absolute atomic E-state index is 0.178. The summed E-state index contributed by atoms with van der Waals surface area (Å²) in [6, 6.07) is 0. The molecular weight excluding hydrogens is 356 g/mol. The summed E-state index contributed by atoms with van der Waals surface area (Å²) >= 11 is 0. The second kappa shape index (κ2) is 7.65. The predicted octanol–water partition coefficient (Wildman–Crippen LogP) is 6.78. The molecule has 0 aromatic rings. The Hall–Kier alpha value is -0.920. The highest BCUT2D eigenvalue weighted by Crippen LogP contribution is 2.67. The second-order valence-corrected chi connectivity index (χ2v) is 11.8. The zero-order chi connectivity index (χ0) is 21.0. The SMILES string of the molecule is CC(C)C(=O)CCC(C)C1CCC2C3CCC4=CC(=O)CCC4(C)C3CCC12C. The standard InChI is InChI=1S/C27H42O2/c1-17(2)25(29)11-6-18(3)22-9-10-23-21-8-7-19-16-20(28)12-14-26(19,4)24(21)13-15-27(22,23)5/h16-18,21-24H,6-15H2,1-5H3. The summed E-state index contributed by atoms with van der Waals surface area (Å²) in [6.45, 7) is 11.6. The van der Waals surface area contributed by atoms with Gasteiger partial charge >= 0.3 is 0 Å². The lowest BCUT2D eigenvalue weighted by atomic mass is 9.46. The van der Waals surface area contributed by atoms with Gasteiger partial charge in [0.15, 0.2) is 5.78 Å². The molecule has 0 aromatic heterocycles. The lowest BCUT2D eigenvalue weighted by molar-refractivity contribution is -0.122. The molecule has 4 aliphatic carbocycles. The molecule has 29 heavy (non-hydrogen) atoms. The molecule has 3 fully saturated rings. The molecule has 0 aromatic carbocycles. The summed E-state index contributed by atoms with van der Waals surface area (Å²) in [6.07, 6.45) is 13.6. The Balaban J connectivity index is 1.49. The van der Waals surface area contributed by atoms with Gasteiger partial charge in [0.05, 0.1) is 0 Å². The molecular formula is C27H42O2. The summed E-state index contributed by atoms with van der Waals surface area (Å²) in [5.41, 5.74) is 2.23. The molecule has 0 bridgehead atoms. The number of carbonyl (C=O) groups is 2. The molecule has 4 aliphatic rings. The van der Waals surface area contributed by atoms with Crippen LogP contribution in [0.2, 0.25) is 0 Å². The molecule has 2 heteroatoms. The molecule has 3 saturated carbocycles. The fraction of sp³-hybridized carbons (Fsp3) is 0.852. The first-order valence-corrected chi connectivity index (χ1v) is 12.4. The lowest BCUT2D eigenvalue weighted by Gasteiger charge is -2.58. The Bertz CT molecular complexity index is 703. The molecule has 0 aliphatic heterocycles. The Kier molecular flexibility index (Phi) is 5.62. The number of carbonyl (C=O) groups excluding carboxylic acids is 2. The van der Waals surface area contributed by atoms with Crippen molar-refractivity contribution in [3.8, 4) is 0 Å². The molecule has 4 rings (SSSR count). The average molecular weight is 399 g/mol. The molecule has 7 unspecified atom stereocenters. The molecule has 162 valence electrons. The second-order valence-electron chi connectivity index (χ2n) is 11.8. The first-order valence-electron chi connectivity index (χ1n) is 12.4. The molecule has 0 radical (unpaired) electrons. The van der Waals surface area contributed by atoms with E-state index in [1.54, 1.807) is 0 Å². The van der Waals surface area contributed by atoms with Crippen molar-refractivity contribution in [1.29, 1.82) is 0 Å². The monoisotopic (exact) mass is 398 g/mol. The minimum Gasteiger partial charge on any atom is -0.299 e. The Morgan fingerprint density at radius 2 is 1.79 bits per heavy atom. The molecule has 0 spiro atoms. The molecule has 7 atom stereocenters. The number of Topliss-reactive ketones (excluding diaryl/α,β-unsaturated/α-hetero) is 1. The van der Waals surface area contributed by atoms with Gasteiger partial charge in [-0.05, 0) is 97.9 Å². The predicted molar refractivity (Wildman–Crippen MR) is 118 cm³/mol. The van der Waals surface area contributed by atoms with Gasteiger partial charge in [-0.25, -0.2) is 0 Å². The van der Waals surface area contributed by atoms with Crippen molar-refractivity contribution in [2.24, 2.45) is 46.3 Å². The number of allylic oxidation sites excluding steroid dienone is 1. The van der Waals surface area contributed by atoms with Gasteiger partial charge in [0.2, 0.25) is 0 Å². The van der Waals surface area contributed by atoms with E-state index in [2.05, 4.69) is 20.8 Å². The van der Waals surface area contributed by atoms with Gasteiger partial charge in [0.1, 0.15) is 5.78 Å². The van der Waals surface area contributed by atoms with E-state index in [0.29, 0.717) is 22.9 Å². The van der Waals surface area contributed by atoms with Gasteiger partial charge in [0.25, 0.3) is 0 Å². The first-order chi connectivity index (χ1) is 13.7. The van der Waals surface area contributed by atoms with Gasteiger partial charge in [-0.3, -0.25) is 9.59 Å². The van der Waals surface area contributed by atoms with Crippen LogP contribution in [-0.4, -0.2) is 11.6 Å². The van der Waals surface area contributed by atoms with Crippen molar-refractivity contribution >= 4 is 11.6 Å².